The fourth-order valence-corrected chi connectivity index (χ4v) is 3.21. The minimum Gasteiger partial charge on any atom is -0.296 e. The van der Waals surface area contributed by atoms with Gasteiger partial charge >= 0.3 is 0 Å². The molecular weight excluding hydrogens is 320 g/mol. The molecule has 0 fully saturated rings. The monoisotopic (exact) mass is 340 g/mol. The van der Waals surface area contributed by atoms with Gasteiger partial charge in [0.15, 0.2) is 0 Å². The molecule has 9 heteroatoms. The molecule has 0 aliphatic carbocycles. The zero-order valence-electron chi connectivity index (χ0n) is 14.1. The fraction of sp³-hybridized carbons (Fsp3) is 0.438. The van der Waals surface area contributed by atoms with Crippen LogP contribution in [0.15, 0.2) is 35.9 Å². The summed E-state index contributed by atoms with van der Waals surface area (Å²) < 4.78 is 5.26. The Morgan fingerprint density at radius 1 is 1.20 bits per heavy atom. The van der Waals surface area contributed by atoms with Gasteiger partial charge in [0, 0.05) is 44.5 Å². The highest BCUT2D eigenvalue weighted by Crippen LogP contribution is 2.13. The molecule has 0 saturated carbocycles. The van der Waals surface area contributed by atoms with E-state index in [0.29, 0.717) is 25.3 Å². The highest BCUT2D eigenvalue weighted by molar-refractivity contribution is 5.08. The van der Waals surface area contributed by atoms with Crippen molar-refractivity contribution >= 4 is 0 Å². The maximum atomic E-state index is 12.5. The first-order valence-corrected chi connectivity index (χ1v) is 8.29. The molecule has 1 aliphatic heterocycles. The molecule has 4 heterocycles. The van der Waals surface area contributed by atoms with Gasteiger partial charge in [0.2, 0.25) is 0 Å². The summed E-state index contributed by atoms with van der Waals surface area (Å²) in [4.78, 5) is 23.4. The Kier molecular flexibility index (Phi) is 4.14. The van der Waals surface area contributed by atoms with Crippen LogP contribution in [0.5, 0.6) is 0 Å². The average Bonchev–Trinajstić information content (AvgIpc) is 3.16. The third kappa shape index (κ3) is 3.50. The lowest BCUT2D eigenvalue weighted by atomic mass is 10.3. The van der Waals surface area contributed by atoms with Crippen LogP contribution in [0.4, 0.5) is 0 Å². The summed E-state index contributed by atoms with van der Waals surface area (Å²) in [6, 6.07) is 1.60. The van der Waals surface area contributed by atoms with Crippen molar-refractivity contribution in [1.82, 2.24) is 39.0 Å². The molecule has 0 aromatic carbocycles. The number of aryl methyl sites for hydroxylation is 1. The van der Waals surface area contributed by atoms with Crippen LogP contribution in [0.2, 0.25) is 0 Å². The second-order valence-corrected chi connectivity index (χ2v) is 6.33. The van der Waals surface area contributed by atoms with Gasteiger partial charge in [0.25, 0.3) is 5.56 Å². The Balaban J connectivity index is 1.58. The first kappa shape index (κ1) is 15.7. The summed E-state index contributed by atoms with van der Waals surface area (Å²) >= 11 is 0. The molecule has 0 bridgehead atoms. The maximum Gasteiger partial charge on any atom is 0.253 e. The summed E-state index contributed by atoms with van der Waals surface area (Å²) in [5.41, 5.74) is 1.88. The van der Waals surface area contributed by atoms with Crippen LogP contribution in [0, 0.1) is 0 Å². The lowest BCUT2D eigenvalue weighted by Crippen LogP contribution is -2.27. The highest BCUT2D eigenvalue weighted by atomic mass is 16.1. The van der Waals surface area contributed by atoms with Crippen LogP contribution in [0.1, 0.15) is 23.5 Å². The summed E-state index contributed by atoms with van der Waals surface area (Å²) in [5.74, 6) is 0.809. The first-order chi connectivity index (χ1) is 12.2. The van der Waals surface area contributed by atoms with Crippen molar-refractivity contribution in [3.05, 3.63) is 58.6 Å². The van der Waals surface area contributed by atoms with Crippen LogP contribution in [-0.2, 0) is 33.2 Å². The minimum absolute atomic E-state index is 0.00310. The Bertz CT molecular complexity index is 911. The van der Waals surface area contributed by atoms with Gasteiger partial charge in [-0.05, 0) is 6.42 Å². The predicted octanol–water partition coefficient (Wildman–Crippen LogP) is 0.0225. The van der Waals surface area contributed by atoms with Crippen molar-refractivity contribution < 1.29 is 0 Å². The van der Waals surface area contributed by atoms with E-state index in [2.05, 4.69) is 20.1 Å². The van der Waals surface area contributed by atoms with E-state index in [1.807, 2.05) is 19.4 Å². The van der Waals surface area contributed by atoms with Gasteiger partial charge < -0.3 is 0 Å². The van der Waals surface area contributed by atoms with Gasteiger partial charge in [-0.2, -0.15) is 10.2 Å². The van der Waals surface area contributed by atoms with Crippen molar-refractivity contribution in [3.8, 4) is 0 Å². The van der Waals surface area contributed by atoms with Crippen molar-refractivity contribution in [2.24, 2.45) is 7.05 Å². The molecule has 1 aliphatic rings. The van der Waals surface area contributed by atoms with E-state index in [4.69, 9.17) is 4.98 Å². The molecule has 130 valence electrons. The third-order valence-electron chi connectivity index (χ3n) is 4.32. The van der Waals surface area contributed by atoms with Crippen LogP contribution in [-0.4, -0.2) is 45.5 Å². The van der Waals surface area contributed by atoms with E-state index in [1.54, 1.807) is 26.3 Å². The van der Waals surface area contributed by atoms with E-state index < -0.39 is 0 Å². The molecule has 0 unspecified atom stereocenters. The summed E-state index contributed by atoms with van der Waals surface area (Å²) in [5, 5.41) is 8.31. The predicted molar refractivity (Wildman–Crippen MR) is 89.6 cm³/mol. The van der Waals surface area contributed by atoms with E-state index in [9.17, 15) is 4.79 Å². The lowest BCUT2D eigenvalue weighted by Gasteiger charge is -2.18. The lowest BCUT2D eigenvalue weighted by molar-refractivity contribution is 0.258. The van der Waals surface area contributed by atoms with Gasteiger partial charge in [-0.15, -0.1) is 0 Å². The first-order valence-electron chi connectivity index (χ1n) is 8.29. The average molecular weight is 340 g/mol. The highest BCUT2D eigenvalue weighted by Gasteiger charge is 2.18. The molecule has 0 N–H and O–H groups in total. The summed E-state index contributed by atoms with van der Waals surface area (Å²) in [6.07, 6.45) is 7.93. The van der Waals surface area contributed by atoms with Gasteiger partial charge in [0.05, 0.1) is 25.0 Å². The maximum absolute atomic E-state index is 12.5. The molecule has 0 spiro atoms. The molecule has 0 radical (unpaired) electrons. The van der Waals surface area contributed by atoms with Crippen LogP contribution >= 0.6 is 0 Å². The Labute approximate surface area is 144 Å². The number of hydrogen-bond acceptors (Lipinski definition) is 6. The molecule has 3 aromatic rings. The van der Waals surface area contributed by atoms with Crippen LogP contribution in [0.3, 0.4) is 0 Å². The molecule has 0 atom stereocenters. The smallest absolute Gasteiger partial charge is 0.253 e. The molecule has 9 nitrogen and oxygen atoms in total. The van der Waals surface area contributed by atoms with E-state index in [-0.39, 0.29) is 5.56 Å². The number of hydrogen-bond donors (Lipinski definition) is 0. The van der Waals surface area contributed by atoms with Crippen molar-refractivity contribution in [1.29, 1.82) is 0 Å². The molecule has 3 aromatic heterocycles. The number of fused-ring (bicyclic) bond motifs is 1. The largest absolute Gasteiger partial charge is 0.296 e. The van der Waals surface area contributed by atoms with Crippen LogP contribution < -0.4 is 5.56 Å². The van der Waals surface area contributed by atoms with Gasteiger partial charge in [-0.3, -0.25) is 18.9 Å². The van der Waals surface area contributed by atoms with Crippen molar-refractivity contribution in [3.63, 3.8) is 0 Å². The topological polar surface area (TPSA) is 86.7 Å². The SMILES string of the molecule is Cn1cc(CN2CCCn3c(nc(Cn4cncn4)cc3=O)C2)cn1. The van der Waals surface area contributed by atoms with E-state index in [1.165, 1.54) is 6.33 Å². The van der Waals surface area contributed by atoms with E-state index >= 15 is 0 Å². The van der Waals surface area contributed by atoms with Crippen LogP contribution in [0.25, 0.3) is 0 Å². The summed E-state index contributed by atoms with van der Waals surface area (Å²) in [6.45, 7) is 3.53. The Hall–Kier alpha value is -2.81. The standard InChI is InChI=1S/C16H20N8O/c1-21-7-13(6-18-21)8-22-3-2-4-24-15(10-22)20-14(5-16(24)25)9-23-12-17-11-19-23/h5-7,11-12H,2-4,8-10H2,1H3. The zero-order chi connectivity index (χ0) is 17.2. The van der Waals surface area contributed by atoms with Crippen molar-refractivity contribution in [2.45, 2.75) is 32.6 Å². The third-order valence-corrected chi connectivity index (χ3v) is 4.32. The molecule has 0 saturated heterocycles. The second kappa shape index (κ2) is 6.60. The zero-order valence-corrected chi connectivity index (χ0v) is 14.1. The van der Waals surface area contributed by atoms with Gasteiger partial charge in [0.1, 0.15) is 18.5 Å². The molecule has 25 heavy (non-hydrogen) atoms. The number of rotatable bonds is 4. The molecule has 4 rings (SSSR count). The summed E-state index contributed by atoms with van der Waals surface area (Å²) in [7, 11) is 1.92. The molecular formula is C16H20N8O. The second-order valence-electron chi connectivity index (χ2n) is 6.33. The van der Waals surface area contributed by atoms with Gasteiger partial charge in [-0.25, -0.2) is 14.6 Å². The number of nitrogens with zero attached hydrogens (tertiary/aromatic N) is 8. The fourth-order valence-electron chi connectivity index (χ4n) is 3.21. The van der Waals surface area contributed by atoms with Crippen molar-refractivity contribution in [2.75, 3.05) is 6.54 Å². The Morgan fingerprint density at radius 3 is 2.88 bits per heavy atom. The minimum atomic E-state index is 0.00310. The Morgan fingerprint density at radius 2 is 2.12 bits per heavy atom. The quantitative estimate of drug-likeness (QED) is 0.666. The van der Waals surface area contributed by atoms with E-state index in [0.717, 1.165) is 30.9 Å². The van der Waals surface area contributed by atoms with Gasteiger partial charge in [-0.1, -0.05) is 0 Å². The normalized spacial score (nSPS) is 15.1. The number of aromatic nitrogens is 7. The molecule has 0 amide bonds.